The molecule has 0 spiro atoms. The summed E-state index contributed by atoms with van der Waals surface area (Å²) in [5.41, 5.74) is 1.45. The van der Waals surface area contributed by atoms with Gasteiger partial charge in [-0.2, -0.15) is 0 Å². The average molecular weight is 328 g/mol. The number of nitrogens with zero attached hydrogens (tertiary/aromatic N) is 4. The lowest BCUT2D eigenvalue weighted by molar-refractivity contribution is 0.0728. The third-order valence-electron chi connectivity index (χ3n) is 5.19. The zero-order valence-electron chi connectivity index (χ0n) is 13.6. The van der Waals surface area contributed by atoms with Crippen molar-refractivity contribution in [3.63, 3.8) is 0 Å². The fourth-order valence-electron chi connectivity index (χ4n) is 3.45. The molecule has 6 nitrogen and oxygen atoms in total. The molecule has 1 aromatic rings. The fraction of sp³-hybridized carbons (Fsp3) is 0.800. The van der Waals surface area contributed by atoms with Gasteiger partial charge in [0.2, 0.25) is 0 Å². The highest BCUT2D eigenvalue weighted by molar-refractivity contribution is 5.93. The fourth-order valence-corrected chi connectivity index (χ4v) is 3.45. The van der Waals surface area contributed by atoms with Crippen LogP contribution in [0.5, 0.6) is 0 Å². The minimum atomic E-state index is 0. The van der Waals surface area contributed by atoms with Crippen LogP contribution in [0.4, 0.5) is 0 Å². The van der Waals surface area contributed by atoms with Gasteiger partial charge in [0.1, 0.15) is 0 Å². The molecule has 3 heterocycles. The molecular weight excluding hydrogens is 302 g/mol. The van der Waals surface area contributed by atoms with E-state index in [1.54, 1.807) is 0 Å². The topological polar surface area (TPSA) is 63.1 Å². The van der Waals surface area contributed by atoms with Crippen LogP contribution in [0.15, 0.2) is 0 Å². The second-order valence-corrected chi connectivity index (χ2v) is 6.45. The van der Waals surface area contributed by atoms with Crippen LogP contribution in [-0.4, -0.2) is 51.5 Å². The molecule has 0 aliphatic carbocycles. The maximum atomic E-state index is 12.7. The van der Waals surface area contributed by atoms with Crippen LogP contribution < -0.4 is 5.32 Å². The van der Waals surface area contributed by atoms with E-state index in [1.807, 2.05) is 16.5 Å². The van der Waals surface area contributed by atoms with E-state index in [4.69, 9.17) is 0 Å². The Hall–Kier alpha value is -1.14. The summed E-state index contributed by atoms with van der Waals surface area (Å²) in [6.07, 6.45) is 3.18. The predicted molar refractivity (Wildman–Crippen MR) is 87.4 cm³/mol. The molecule has 1 aromatic heterocycles. The van der Waals surface area contributed by atoms with Gasteiger partial charge in [0.05, 0.1) is 11.7 Å². The summed E-state index contributed by atoms with van der Waals surface area (Å²) in [5, 5.41) is 11.8. The quantitative estimate of drug-likeness (QED) is 0.899. The lowest BCUT2D eigenvalue weighted by atomic mass is 10.1. The number of hydrogen-bond donors (Lipinski definition) is 1. The molecule has 22 heavy (non-hydrogen) atoms. The van der Waals surface area contributed by atoms with Gasteiger partial charge in [-0.05, 0) is 52.1 Å². The number of aromatic nitrogens is 3. The van der Waals surface area contributed by atoms with Crippen molar-refractivity contribution in [3.8, 4) is 0 Å². The summed E-state index contributed by atoms with van der Waals surface area (Å²) in [6.45, 7) is 9.15. The van der Waals surface area contributed by atoms with E-state index in [2.05, 4.69) is 29.5 Å². The van der Waals surface area contributed by atoms with Crippen molar-refractivity contribution in [2.75, 3.05) is 19.6 Å². The van der Waals surface area contributed by atoms with Gasteiger partial charge in [-0.15, -0.1) is 17.5 Å². The highest BCUT2D eigenvalue weighted by atomic mass is 35.5. The van der Waals surface area contributed by atoms with Gasteiger partial charge in [-0.3, -0.25) is 4.79 Å². The minimum absolute atomic E-state index is 0. The van der Waals surface area contributed by atoms with Crippen LogP contribution >= 0.6 is 12.4 Å². The normalized spacial score (nSPS) is 26.0. The van der Waals surface area contributed by atoms with Crippen LogP contribution in [0, 0.1) is 12.8 Å². The van der Waals surface area contributed by atoms with Gasteiger partial charge >= 0.3 is 0 Å². The summed E-state index contributed by atoms with van der Waals surface area (Å²) >= 11 is 0. The first-order chi connectivity index (χ1) is 10.1. The molecule has 124 valence electrons. The predicted octanol–water partition coefficient (Wildman–Crippen LogP) is 1.80. The van der Waals surface area contributed by atoms with Gasteiger partial charge < -0.3 is 10.2 Å². The van der Waals surface area contributed by atoms with E-state index in [9.17, 15) is 4.79 Å². The average Bonchev–Trinajstić information content (AvgIpc) is 3.04. The monoisotopic (exact) mass is 327 g/mol. The van der Waals surface area contributed by atoms with E-state index in [0.29, 0.717) is 23.7 Å². The first-order valence-electron chi connectivity index (χ1n) is 8.03. The molecule has 1 amide bonds. The Kier molecular flexibility index (Phi) is 5.45. The molecule has 3 rings (SSSR count). The number of rotatable bonds is 2. The van der Waals surface area contributed by atoms with Crippen molar-refractivity contribution in [3.05, 3.63) is 11.4 Å². The second-order valence-electron chi connectivity index (χ2n) is 6.45. The van der Waals surface area contributed by atoms with Crippen molar-refractivity contribution >= 4 is 18.3 Å². The van der Waals surface area contributed by atoms with Gasteiger partial charge in [0.25, 0.3) is 5.91 Å². The zero-order chi connectivity index (χ0) is 15.0. The molecule has 2 aliphatic heterocycles. The van der Waals surface area contributed by atoms with E-state index < -0.39 is 0 Å². The van der Waals surface area contributed by atoms with Gasteiger partial charge in [-0.25, -0.2) is 4.68 Å². The van der Waals surface area contributed by atoms with E-state index in [-0.39, 0.29) is 18.3 Å². The highest BCUT2D eigenvalue weighted by Gasteiger charge is 2.34. The third kappa shape index (κ3) is 2.99. The Morgan fingerprint density at radius 3 is 2.50 bits per heavy atom. The first kappa shape index (κ1) is 17.2. The molecule has 0 bridgehead atoms. The zero-order valence-corrected chi connectivity index (χ0v) is 14.4. The van der Waals surface area contributed by atoms with Crippen molar-refractivity contribution in [1.29, 1.82) is 0 Å². The lowest BCUT2D eigenvalue weighted by Crippen LogP contribution is -2.36. The number of nitrogens with one attached hydrogen (secondary N) is 1. The van der Waals surface area contributed by atoms with Gasteiger partial charge in [0.15, 0.2) is 5.69 Å². The number of carbonyl (C=O) groups is 1. The highest BCUT2D eigenvalue weighted by Crippen LogP contribution is 2.26. The van der Waals surface area contributed by atoms with Crippen LogP contribution in [0.1, 0.15) is 55.3 Å². The largest absolute Gasteiger partial charge is 0.334 e. The molecule has 2 atom stereocenters. The standard InChI is InChI=1S/C15H25N5O.ClH/c1-10-6-9-19(11(10)2)15(21)14-12(3)20(18-17-14)13-4-7-16-8-5-13;/h10-11,13,16H,4-9H2,1-3H3;1H. The van der Waals surface area contributed by atoms with Crippen LogP contribution in [0.2, 0.25) is 0 Å². The molecule has 1 N–H and O–H groups in total. The Morgan fingerprint density at radius 1 is 1.23 bits per heavy atom. The summed E-state index contributed by atoms with van der Waals surface area (Å²) in [7, 11) is 0. The summed E-state index contributed by atoms with van der Waals surface area (Å²) in [4.78, 5) is 14.7. The SMILES string of the molecule is Cc1c(C(=O)N2CCC(C)C2C)nnn1C1CCNCC1.Cl. The van der Waals surface area contributed by atoms with E-state index >= 15 is 0 Å². The van der Waals surface area contributed by atoms with E-state index in [0.717, 1.165) is 44.6 Å². The first-order valence-corrected chi connectivity index (χ1v) is 8.03. The van der Waals surface area contributed by atoms with E-state index in [1.165, 1.54) is 0 Å². The molecule has 2 aliphatic rings. The molecular formula is C15H26ClN5O. The summed E-state index contributed by atoms with van der Waals surface area (Å²) in [6, 6.07) is 0.663. The van der Waals surface area contributed by atoms with Crippen molar-refractivity contribution in [1.82, 2.24) is 25.2 Å². The van der Waals surface area contributed by atoms with Crippen LogP contribution in [-0.2, 0) is 0 Å². The Labute approximate surface area is 138 Å². The number of amides is 1. The summed E-state index contributed by atoms with van der Waals surface area (Å²) in [5.74, 6) is 0.609. The molecule has 2 saturated heterocycles. The molecule has 0 aromatic carbocycles. The lowest BCUT2D eigenvalue weighted by Gasteiger charge is -2.24. The molecule has 0 radical (unpaired) electrons. The van der Waals surface area contributed by atoms with Crippen LogP contribution in [0.25, 0.3) is 0 Å². The van der Waals surface area contributed by atoms with Gasteiger partial charge in [0, 0.05) is 12.6 Å². The molecule has 2 fully saturated rings. The molecule has 7 heteroatoms. The van der Waals surface area contributed by atoms with Crippen molar-refractivity contribution in [2.24, 2.45) is 5.92 Å². The number of piperidine rings is 1. The van der Waals surface area contributed by atoms with Gasteiger partial charge in [-0.1, -0.05) is 12.1 Å². The smallest absolute Gasteiger partial charge is 0.276 e. The number of likely N-dealkylation sites (tertiary alicyclic amines) is 1. The number of hydrogen-bond acceptors (Lipinski definition) is 4. The maximum absolute atomic E-state index is 12.7. The minimum Gasteiger partial charge on any atom is -0.334 e. The third-order valence-corrected chi connectivity index (χ3v) is 5.19. The Bertz CT molecular complexity index is 526. The summed E-state index contributed by atoms with van der Waals surface area (Å²) < 4.78 is 1.96. The second kappa shape index (κ2) is 6.96. The van der Waals surface area contributed by atoms with Crippen molar-refractivity contribution in [2.45, 2.75) is 52.1 Å². The maximum Gasteiger partial charge on any atom is 0.276 e. The van der Waals surface area contributed by atoms with Crippen LogP contribution in [0.3, 0.4) is 0 Å². The molecule has 2 unspecified atom stereocenters. The van der Waals surface area contributed by atoms with Crippen molar-refractivity contribution < 1.29 is 4.79 Å². The number of halogens is 1. The Balaban J connectivity index is 0.00000176. The molecule has 0 saturated carbocycles. The Morgan fingerprint density at radius 2 is 1.91 bits per heavy atom. The number of carbonyl (C=O) groups excluding carboxylic acids is 1.